The molecule has 0 amide bonds. The molecule has 1 nitrogen and oxygen atoms in total. The smallest absolute Gasteiger partial charge is 0.0484 e. The van der Waals surface area contributed by atoms with Crippen molar-refractivity contribution < 1.29 is 0 Å². The molecule has 0 bridgehead atoms. The van der Waals surface area contributed by atoms with Gasteiger partial charge in [-0.2, -0.15) is 0 Å². The molecule has 0 spiro atoms. The molecular formula is C32H24BrN. The summed E-state index contributed by atoms with van der Waals surface area (Å²) in [7, 11) is 2.14. The fourth-order valence-electron chi connectivity index (χ4n) is 5.20. The third kappa shape index (κ3) is 3.55. The van der Waals surface area contributed by atoms with Gasteiger partial charge >= 0.3 is 0 Å². The minimum absolute atomic E-state index is 0.897. The molecule has 0 atom stereocenters. The molecule has 5 aromatic rings. The van der Waals surface area contributed by atoms with Gasteiger partial charge in [0.2, 0.25) is 0 Å². The van der Waals surface area contributed by atoms with E-state index in [0.717, 1.165) is 10.9 Å². The van der Waals surface area contributed by atoms with Gasteiger partial charge in [0.05, 0.1) is 0 Å². The second-order valence-electron chi connectivity index (χ2n) is 8.79. The van der Waals surface area contributed by atoms with E-state index in [4.69, 9.17) is 0 Å². The summed E-state index contributed by atoms with van der Waals surface area (Å²) in [6.07, 6.45) is 3.20. The Labute approximate surface area is 208 Å². The molecule has 1 aliphatic carbocycles. The van der Waals surface area contributed by atoms with E-state index in [1.165, 1.54) is 55.4 Å². The van der Waals surface area contributed by atoms with E-state index in [9.17, 15) is 0 Å². The predicted molar refractivity (Wildman–Crippen MR) is 148 cm³/mol. The summed E-state index contributed by atoms with van der Waals surface area (Å²) >= 11 is 3.62. The topological polar surface area (TPSA) is 4.93 Å². The molecule has 6 rings (SSSR count). The molecule has 0 N–H and O–H groups in total. The van der Waals surface area contributed by atoms with Gasteiger partial charge in [0, 0.05) is 34.2 Å². The maximum Gasteiger partial charge on any atom is 0.0484 e. The SMILES string of the molecule is Cn1cc(C2=C(c3ccc(Br)cc3)CC(c3ccccc3)=C2c2ccccc2)c2ccccc21. The minimum atomic E-state index is 0.897. The Morgan fingerprint density at radius 2 is 1.15 bits per heavy atom. The third-order valence-corrected chi connectivity index (χ3v) is 7.28. The maximum atomic E-state index is 3.62. The van der Waals surface area contributed by atoms with Crippen LogP contribution < -0.4 is 0 Å². The summed E-state index contributed by atoms with van der Waals surface area (Å²) in [6.45, 7) is 0. The van der Waals surface area contributed by atoms with E-state index < -0.39 is 0 Å². The summed E-state index contributed by atoms with van der Waals surface area (Å²) in [4.78, 5) is 0. The van der Waals surface area contributed by atoms with Crippen molar-refractivity contribution in [3.8, 4) is 0 Å². The molecule has 0 unspecified atom stereocenters. The number of allylic oxidation sites excluding steroid dienone is 4. The van der Waals surface area contributed by atoms with Gasteiger partial charge in [0.25, 0.3) is 0 Å². The predicted octanol–water partition coefficient (Wildman–Crippen LogP) is 8.87. The number of hydrogen-bond donors (Lipinski definition) is 0. The van der Waals surface area contributed by atoms with Gasteiger partial charge in [-0.25, -0.2) is 0 Å². The van der Waals surface area contributed by atoms with Crippen molar-refractivity contribution in [3.63, 3.8) is 0 Å². The number of halogens is 1. The van der Waals surface area contributed by atoms with Crippen LogP contribution in [0.1, 0.15) is 28.7 Å². The Morgan fingerprint density at radius 3 is 1.85 bits per heavy atom. The average Bonchev–Trinajstić information content (AvgIpc) is 3.44. The van der Waals surface area contributed by atoms with Crippen molar-refractivity contribution in [2.45, 2.75) is 6.42 Å². The lowest BCUT2D eigenvalue weighted by molar-refractivity contribution is 0.967. The van der Waals surface area contributed by atoms with Crippen molar-refractivity contribution in [1.82, 2.24) is 4.57 Å². The molecule has 2 heteroatoms. The second-order valence-corrected chi connectivity index (χ2v) is 9.71. The van der Waals surface area contributed by atoms with Crippen molar-refractivity contribution >= 4 is 49.1 Å². The quantitative estimate of drug-likeness (QED) is 0.231. The van der Waals surface area contributed by atoms with E-state index in [-0.39, 0.29) is 0 Å². The Kier molecular flexibility index (Phi) is 5.31. The highest BCUT2D eigenvalue weighted by atomic mass is 79.9. The normalized spacial score (nSPS) is 13.8. The van der Waals surface area contributed by atoms with Crippen LogP contribution in [0.15, 0.2) is 120 Å². The van der Waals surface area contributed by atoms with Crippen LogP contribution in [0, 0.1) is 0 Å². The monoisotopic (exact) mass is 501 g/mol. The lowest BCUT2D eigenvalue weighted by Crippen LogP contribution is -1.92. The van der Waals surface area contributed by atoms with E-state index in [1.54, 1.807) is 0 Å². The van der Waals surface area contributed by atoms with Crippen LogP contribution >= 0.6 is 15.9 Å². The van der Waals surface area contributed by atoms with Crippen molar-refractivity contribution in [3.05, 3.63) is 142 Å². The first-order valence-corrected chi connectivity index (χ1v) is 12.4. The molecule has 34 heavy (non-hydrogen) atoms. The first-order chi connectivity index (χ1) is 16.7. The first kappa shape index (κ1) is 20.9. The summed E-state index contributed by atoms with van der Waals surface area (Å²) in [5.74, 6) is 0. The van der Waals surface area contributed by atoms with Crippen LogP contribution in [0.5, 0.6) is 0 Å². The first-order valence-electron chi connectivity index (χ1n) is 11.6. The minimum Gasteiger partial charge on any atom is -0.350 e. The van der Waals surface area contributed by atoms with Crippen LogP contribution in [-0.2, 0) is 7.05 Å². The van der Waals surface area contributed by atoms with Crippen LogP contribution in [0.3, 0.4) is 0 Å². The fourth-order valence-corrected chi connectivity index (χ4v) is 5.46. The van der Waals surface area contributed by atoms with Crippen molar-refractivity contribution in [2.75, 3.05) is 0 Å². The summed E-state index contributed by atoms with van der Waals surface area (Å²) in [5.41, 5.74) is 11.8. The molecule has 1 aromatic heterocycles. The number of fused-ring (bicyclic) bond motifs is 1. The zero-order valence-electron chi connectivity index (χ0n) is 19.0. The van der Waals surface area contributed by atoms with Crippen molar-refractivity contribution in [2.24, 2.45) is 7.05 Å². The van der Waals surface area contributed by atoms with Crippen molar-refractivity contribution in [1.29, 1.82) is 0 Å². The number of rotatable bonds is 4. The average molecular weight is 502 g/mol. The fraction of sp³-hybridized carbons (Fsp3) is 0.0625. The number of aryl methyl sites for hydroxylation is 1. The van der Waals surface area contributed by atoms with Gasteiger partial charge in [0.15, 0.2) is 0 Å². The number of aromatic nitrogens is 1. The number of hydrogen-bond acceptors (Lipinski definition) is 0. The van der Waals surface area contributed by atoms with Gasteiger partial charge in [-0.1, -0.05) is 107 Å². The van der Waals surface area contributed by atoms with E-state index in [0.29, 0.717) is 0 Å². The molecule has 0 radical (unpaired) electrons. The zero-order chi connectivity index (χ0) is 23.1. The van der Waals surface area contributed by atoms with E-state index >= 15 is 0 Å². The van der Waals surface area contributed by atoms with E-state index in [2.05, 4.69) is 143 Å². The van der Waals surface area contributed by atoms with E-state index in [1.807, 2.05) is 0 Å². The van der Waals surface area contributed by atoms with Gasteiger partial charge < -0.3 is 4.57 Å². The summed E-state index contributed by atoms with van der Waals surface area (Å²) in [5, 5.41) is 1.29. The Balaban J connectivity index is 1.71. The van der Waals surface area contributed by atoms with Crippen LogP contribution in [0.25, 0.3) is 33.2 Å². The Morgan fingerprint density at radius 1 is 0.588 bits per heavy atom. The van der Waals surface area contributed by atoms with Gasteiger partial charge in [-0.05, 0) is 63.6 Å². The number of para-hydroxylation sites is 1. The lowest BCUT2D eigenvalue weighted by Gasteiger charge is -2.14. The second kappa shape index (κ2) is 8.62. The highest BCUT2D eigenvalue weighted by Crippen LogP contribution is 2.52. The number of benzene rings is 4. The third-order valence-electron chi connectivity index (χ3n) is 6.75. The molecule has 0 saturated heterocycles. The van der Waals surface area contributed by atoms with Crippen LogP contribution in [0.4, 0.5) is 0 Å². The number of nitrogens with zero attached hydrogens (tertiary/aromatic N) is 1. The van der Waals surface area contributed by atoms with Gasteiger partial charge in [-0.15, -0.1) is 0 Å². The molecular weight excluding hydrogens is 478 g/mol. The largest absolute Gasteiger partial charge is 0.350 e. The zero-order valence-corrected chi connectivity index (χ0v) is 20.6. The standard InChI is InChI=1S/C32H24BrN/c1-34-21-29(26-14-8-9-15-30(26)34)32-28(23-16-18-25(33)19-17-23)20-27(22-10-4-2-5-11-22)31(32)24-12-6-3-7-13-24/h2-19,21H,20H2,1H3. The van der Waals surface area contributed by atoms with Gasteiger partial charge in [-0.3, -0.25) is 0 Å². The summed E-state index contributed by atoms with van der Waals surface area (Å²) < 4.78 is 3.35. The van der Waals surface area contributed by atoms with Crippen LogP contribution in [0.2, 0.25) is 0 Å². The molecule has 0 aliphatic heterocycles. The highest BCUT2D eigenvalue weighted by Gasteiger charge is 2.30. The van der Waals surface area contributed by atoms with Gasteiger partial charge in [0.1, 0.15) is 0 Å². The molecule has 1 aliphatic rings. The molecule has 4 aromatic carbocycles. The molecule has 1 heterocycles. The maximum absolute atomic E-state index is 3.62. The molecule has 0 fully saturated rings. The Bertz CT molecular complexity index is 1550. The molecule has 164 valence electrons. The lowest BCUT2D eigenvalue weighted by atomic mass is 9.89. The Hall–Kier alpha value is -3.62. The van der Waals surface area contributed by atoms with Crippen LogP contribution in [-0.4, -0.2) is 4.57 Å². The highest BCUT2D eigenvalue weighted by molar-refractivity contribution is 9.10. The summed E-state index contributed by atoms with van der Waals surface area (Å²) in [6, 6.07) is 39.2. The molecule has 0 saturated carbocycles.